The van der Waals surface area contributed by atoms with Crippen molar-refractivity contribution in [1.82, 2.24) is 9.80 Å². The van der Waals surface area contributed by atoms with Crippen molar-refractivity contribution in [1.29, 1.82) is 0 Å². The number of rotatable bonds is 4. The second-order valence-electron chi connectivity index (χ2n) is 5.65. The molecule has 0 radical (unpaired) electrons. The Labute approximate surface area is 111 Å². The Morgan fingerprint density at radius 2 is 1.63 bits per heavy atom. The van der Waals surface area contributed by atoms with Crippen LogP contribution in [-0.4, -0.2) is 58.9 Å². The number of hydrogen-bond acceptors (Lipinski definition) is 4. The minimum absolute atomic E-state index is 0.278. The van der Waals surface area contributed by atoms with Gasteiger partial charge in [0.2, 0.25) is 11.8 Å². The zero-order valence-corrected chi connectivity index (χ0v) is 10.7. The predicted molar refractivity (Wildman–Crippen MR) is 65.1 cm³/mol. The Hall–Kier alpha value is -1.43. The number of hydrogen-bond donors (Lipinski definition) is 1. The fourth-order valence-corrected chi connectivity index (χ4v) is 3.35. The molecule has 1 saturated carbocycles. The van der Waals surface area contributed by atoms with Crippen molar-refractivity contribution in [2.45, 2.75) is 19.3 Å². The normalized spacial score (nSPS) is 34.5. The molecule has 0 spiro atoms. The van der Waals surface area contributed by atoms with Gasteiger partial charge in [0.05, 0.1) is 17.8 Å². The van der Waals surface area contributed by atoms with E-state index < -0.39 is 23.7 Å². The topological polar surface area (TPSA) is 77.9 Å². The molecule has 6 nitrogen and oxygen atoms in total. The lowest BCUT2D eigenvalue weighted by atomic mass is 10.1. The van der Waals surface area contributed by atoms with Gasteiger partial charge in [-0.2, -0.15) is 0 Å². The van der Waals surface area contributed by atoms with Gasteiger partial charge in [-0.1, -0.05) is 6.42 Å². The third kappa shape index (κ3) is 2.04. The number of fused-ring (bicyclic) bond motifs is 1. The van der Waals surface area contributed by atoms with E-state index in [2.05, 4.69) is 4.90 Å². The van der Waals surface area contributed by atoms with Crippen LogP contribution in [-0.2, 0) is 14.4 Å². The molecule has 2 amide bonds. The molecular formula is C13H18N2O4. The number of aliphatic carboxylic acids is 1. The molecule has 2 atom stereocenters. The first-order chi connectivity index (χ1) is 9.11. The molecular weight excluding hydrogens is 248 g/mol. The summed E-state index contributed by atoms with van der Waals surface area (Å²) in [6.07, 6.45) is 3.60. The fraction of sp³-hybridized carbons (Fsp3) is 0.769. The minimum Gasteiger partial charge on any atom is -0.481 e. The molecule has 3 rings (SSSR count). The van der Waals surface area contributed by atoms with Crippen molar-refractivity contribution < 1.29 is 19.5 Å². The molecule has 0 aromatic heterocycles. The van der Waals surface area contributed by atoms with Crippen LogP contribution in [0.15, 0.2) is 0 Å². The van der Waals surface area contributed by atoms with E-state index in [1.54, 1.807) is 0 Å². The first-order valence-electron chi connectivity index (χ1n) is 6.91. The Kier molecular flexibility index (Phi) is 3.05. The first kappa shape index (κ1) is 12.6. The summed E-state index contributed by atoms with van der Waals surface area (Å²) in [7, 11) is 0. The third-order valence-electron chi connectivity index (χ3n) is 4.50. The third-order valence-corrected chi connectivity index (χ3v) is 4.50. The first-order valence-corrected chi connectivity index (χ1v) is 6.91. The summed E-state index contributed by atoms with van der Waals surface area (Å²) in [6, 6.07) is 0. The van der Waals surface area contributed by atoms with Crippen LogP contribution < -0.4 is 0 Å². The Balaban J connectivity index is 1.55. The highest BCUT2D eigenvalue weighted by Gasteiger charge is 2.70. The van der Waals surface area contributed by atoms with Gasteiger partial charge in [0, 0.05) is 13.1 Å². The molecule has 19 heavy (non-hydrogen) atoms. The maximum atomic E-state index is 12.0. The molecule has 6 heteroatoms. The Bertz CT molecular complexity index is 408. The number of amides is 2. The molecule has 2 unspecified atom stereocenters. The van der Waals surface area contributed by atoms with Gasteiger partial charge in [0.25, 0.3) is 0 Å². The average Bonchev–Trinajstić information content (AvgIpc) is 3.09. The molecule has 1 N–H and O–H groups in total. The molecule has 2 saturated heterocycles. The number of carboxylic acids is 1. The van der Waals surface area contributed by atoms with Crippen molar-refractivity contribution >= 4 is 17.8 Å². The smallest absolute Gasteiger partial charge is 0.308 e. The highest BCUT2D eigenvalue weighted by atomic mass is 16.4. The van der Waals surface area contributed by atoms with E-state index in [1.807, 2.05) is 0 Å². The molecule has 0 aromatic carbocycles. The molecule has 2 heterocycles. The van der Waals surface area contributed by atoms with Crippen molar-refractivity contribution in [2.75, 3.05) is 26.2 Å². The number of likely N-dealkylation sites (tertiary alicyclic amines) is 2. The molecule has 0 bridgehead atoms. The molecule has 2 aliphatic heterocycles. The van der Waals surface area contributed by atoms with Gasteiger partial charge in [0.15, 0.2) is 0 Å². The van der Waals surface area contributed by atoms with E-state index in [9.17, 15) is 14.4 Å². The highest BCUT2D eigenvalue weighted by Crippen LogP contribution is 2.53. The summed E-state index contributed by atoms with van der Waals surface area (Å²) < 4.78 is 0. The van der Waals surface area contributed by atoms with Gasteiger partial charge in [-0.15, -0.1) is 0 Å². The number of nitrogens with zero attached hydrogens (tertiary/aromatic N) is 2. The van der Waals surface area contributed by atoms with E-state index in [0.29, 0.717) is 13.1 Å². The standard InChI is InChI=1S/C13H18N2O4/c16-11-8-9(10(8)13(18)19)12(17)15(11)7-6-14-4-2-1-3-5-14/h8-10H,1-7H2,(H,18,19). The average molecular weight is 266 g/mol. The lowest BCUT2D eigenvalue weighted by Gasteiger charge is -2.28. The zero-order chi connectivity index (χ0) is 13.6. The van der Waals surface area contributed by atoms with Crippen molar-refractivity contribution in [3.05, 3.63) is 0 Å². The quantitative estimate of drug-likeness (QED) is 0.712. The summed E-state index contributed by atoms with van der Waals surface area (Å²) in [5.41, 5.74) is 0. The summed E-state index contributed by atoms with van der Waals surface area (Å²) in [5.74, 6) is -3.49. The fourth-order valence-electron chi connectivity index (χ4n) is 3.35. The van der Waals surface area contributed by atoms with Crippen molar-refractivity contribution in [3.8, 4) is 0 Å². The summed E-state index contributed by atoms with van der Waals surface area (Å²) in [6.45, 7) is 3.19. The van der Waals surface area contributed by atoms with Gasteiger partial charge in [-0.25, -0.2) is 0 Å². The van der Waals surface area contributed by atoms with Crippen molar-refractivity contribution in [2.24, 2.45) is 17.8 Å². The minimum atomic E-state index is -1.02. The largest absolute Gasteiger partial charge is 0.481 e. The van der Waals surface area contributed by atoms with E-state index in [-0.39, 0.29) is 11.8 Å². The molecule has 3 fully saturated rings. The molecule has 104 valence electrons. The zero-order valence-electron chi connectivity index (χ0n) is 10.7. The van der Waals surface area contributed by atoms with Crippen LogP contribution in [0.1, 0.15) is 19.3 Å². The summed E-state index contributed by atoms with van der Waals surface area (Å²) >= 11 is 0. The van der Waals surface area contributed by atoms with Gasteiger partial charge in [-0.05, 0) is 25.9 Å². The van der Waals surface area contributed by atoms with E-state index in [1.165, 1.54) is 24.2 Å². The van der Waals surface area contributed by atoms with Crippen LogP contribution in [0.5, 0.6) is 0 Å². The summed E-state index contributed by atoms with van der Waals surface area (Å²) in [5, 5.41) is 8.88. The monoisotopic (exact) mass is 266 g/mol. The lowest BCUT2D eigenvalue weighted by Crippen LogP contribution is -2.42. The number of carboxylic acid groups (broad SMARTS) is 1. The van der Waals surface area contributed by atoms with Crippen LogP contribution in [0, 0.1) is 17.8 Å². The second-order valence-corrected chi connectivity index (χ2v) is 5.65. The van der Waals surface area contributed by atoms with Crippen LogP contribution in [0.2, 0.25) is 0 Å². The number of carbonyl (C=O) groups excluding carboxylic acids is 2. The second kappa shape index (κ2) is 4.59. The van der Waals surface area contributed by atoms with E-state index in [4.69, 9.17) is 5.11 Å². The SMILES string of the molecule is O=C(O)C1C2C(=O)N(CCN3CCCCC3)C(=O)C12. The van der Waals surface area contributed by atoms with Crippen LogP contribution >= 0.6 is 0 Å². The van der Waals surface area contributed by atoms with Gasteiger partial charge in [-0.3, -0.25) is 19.3 Å². The van der Waals surface area contributed by atoms with E-state index in [0.717, 1.165) is 13.1 Å². The highest BCUT2D eigenvalue weighted by molar-refractivity contribution is 6.13. The maximum Gasteiger partial charge on any atom is 0.308 e. The van der Waals surface area contributed by atoms with E-state index >= 15 is 0 Å². The van der Waals surface area contributed by atoms with Crippen LogP contribution in [0.4, 0.5) is 0 Å². The Morgan fingerprint density at radius 3 is 2.16 bits per heavy atom. The molecule has 1 aliphatic carbocycles. The molecule has 0 aromatic rings. The predicted octanol–water partition coefficient (Wildman–Crippen LogP) is -0.212. The maximum absolute atomic E-state index is 12.0. The number of piperidine rings is 2. The van der Waals surface area contributed by atoms with Crippen LogP contribution in [0.3, 0.4) is 0 Å². The van der Waals surface area contributed by atoms with Crippen molar-refractivity contribution in [3.63, 3.8) is 0 Å². The lowest BCUT2D eigenvalue weighted by molar-refractivity contribution is -0.148. The number of imide groups is 1. The Morgan fingerprint density at radius 1 is 1.05 bits per heavy atom. The molecule has 3 aliphatic rings. The van der Waals surface area contributed by atoms with Gasteiger partial charge < -0.3 is 10.0 Å². The van der Waals surface area contributed by atoms with Gasteiger partial charge in [0.1, 0.15) is 0 Å². The summed E-state index contributed by atoms with van der Waals surface area (Å²) in [4.78, 5) is 38.3. The van der Waals surface area contributed by atoms with Gasteiger partial charge >= 0.3 is 5.97 Å². The number of carbonyl (C=O) groups is 3. The van der Waals surface area contributed by atoms with Crippen LogP contribution in [0.25, 0.3) is 0 Å².